The van der Waals surface area contributed by atoms with Crippen LogP contribution in [0.1, 0.15) is 21.0 Å². The quantitative estimate of drug-likeness (QED) is 0.645. The van der Waals surface area contributed by atoms with E-state index >= 15 is 0 Å². The number of carbonyl (C=O) groups is 1. The Kier molecular flexibility index (Phi) is 2.16. The fourth-order valence-electron chi connectivity index (χ4n) is 0.965. The van der Waals surface area contributed by atoms with Crippen LogP contribution in [0, 0.1) is 0 Å². The van der Waals surface area contributed by atoms with Crippen molar-refractivity contribution in [3.05, 3.63) is 16.1 Å². The number of nitrogens with zero attached hydrogens (tertiary/aromatic N) is 1. The number of ether oxygens (including phenoxy) is 2. The van der Waals surface area contributed by atoms with Gasteiger partial charge in [-0.05, 0) is 0 Å². The van der Waals surface area contributed by atoms with Gasteiger partial charge < -0.3 is 9.47 Å². The molecule has 0 atom stereocenters. The summed E-state index contributed by atoms with van der Waals surface area (Å²) in [7, 11) is 0. The number of hydrogen-bond acceptors (Lipinski definition) is 5. The molecule has 0 unspecified atom stereocenters. The minimum atomic E-state index is -0.358. The van der Waals surface area contributed by atoms with E-state index in [2.05, 4.69) is 4.98 Å². The van der Waals surface area contributed by atoms with E-state index in [9.17, 15) is 4.79 Å². The third-order valence-corrected chi connectivity index (χ3v) is 2.43. The first-order valence-corrected chi connectivity index (χ1v) is 4.36. The Balaban J connectivity index is 2.16. The molecule has 1 aromatic heterocycles. The molecule has 4 nitrogen and oxygen atoms in total. The molecule has 2 heterocycles. The van der Waals surface area contributed by atoms with Crippen molar-refractivity contribution in [3.63, 3.8) is 0 Å². The molecule has 0 aliphatic carbocycles. The number of thiazole rings is 1. The molecule has 0 spiro atoms. The van der Waals surface area contributed by atoms with Gasteiger partial charge in [-0.2, -0.15) is 0 Å². The zero-order valence-corrected chi connectivity index (χ0v) is 7.04. The summed E-state index contributed by atoms with van der Waals surface area (Å²) < 4.78 is 10.4. The number of aldehydes is 1. The van der Waals surface area contributed by atoms with E-state index in [-0.39, 0.29) is 6.29 Å². The van der Waals surface area contributed by atoms with Crippen LogP contribution in [0.5, 0.6) is 0 Å². The van der Waals surface area contributed by atoms with Crippen molar-refractivity contribution in [2.75, 3.05) is 13.2 Å². The molecule has 1 aromatic rings. The van der Waals surface area contributed by atoms with E-state index in [1.54, 1.807) is 0 Å². The molecule has 1 fully saturated rings. The average Bonchev–Trinajstić information content (AvgIpc) is 2.75. The molecular weight excluding hydrogens is 178 g/mol. The van der Waals surface area contributed by atoms with E-state index < -0.39 is 0 Å². The van der Waals surface area contributed by atoms with Gasteiger partial charge in [0, 0.05) is 6.20 Å². The lowest BCUT2D eigenvalue weighted by molar-refractivity contribution is -0.0442. The summed E-state index contributed by atoms with van der Waals surface area (Å²) in [6.07, 6.45) is 1.94. The first-order valence-electron chi connectivity index (χ1n) is 3.54. The lowest BCUT2D eigenvalue weighted by Gasteiger charge is -2.02. The van der Waals surface area contributed by atoms with Crippen LogP contribution < -0.4 is 0 Å². The van der Waals surface area contributed by atoms with E-state index in [0.717, 1.165) is 11.3 Å². The zero-order valence-electron chi connectivity index (χ0n) is 6.23. The van der Waals surface area contributed by atoms with Gasteiger partial charge in [0.25, 0.3) is 0 Å². The van der Waals surface area contributed by atoms with Crippen molar-refractivity contribution < 1.29 is 14.3 Å². The van der Waals surface area contributed by atoms with Crippen LogP contribution in [0.25, 0.3) is 0 Å². The minimum absolute atomic E-state index is 0.358. The van der Waals surface area contributed by atoms with Crippen LogP contribution in [0.3, 0.4) is 0 Å². The Morgan fingerprint density at radius 1 is 1.58 bits per heavy atom. The van der Waals surface area contributed by atoms with Crippen LogP contribution >= 0.6 is 11.3 Å². The van der Waals surface area contributed by atoms with E-state index in [1.807, 2.05) is 0 Å². The van der Waals surface area contributed by atoms with Crippen molar-refractivity contribution in [1.29, 1.82) is 0 Å². The Labute approximate surface area is 73.1 Å². The van der Waals surface area contributed by atoms with Crippen LogP contribution in [-0.2, 0) is 9.47 Å². The molecule has 2 rings (SSSR count). The predicted molar refractivity (Wildman–Crippen MR) is 42.1 cm³/mol. The molecule has 0 amide bonds. The predicted octanol–water partition coefficient (Wildman–Crippen LogP) is 1.00. The number of hydrogen-bond donors (Lipinski definition) is 0. The van der Waals surface area contributed by atoms with Crippen molar-refractivity contribution in [1.82, 2.24) is 4.98 Å². The zero-order chi connectivity index (χ0) is 8.39. The highest BCUT2D eigenvalue weighted by molar-refractivity contribution is 7.13. The minimum Gasteiger partial charge on any atom is -0.344 e. The van der Waals surface area contributed by atoms with Gasteiger partial charge >= 0.3 is 0 Å². The Morgan fingerprint density at radius 3 is 2.92 bits per heavy atom. The molecule has 0 saturated carbocycles. The fraction of sp³-hybridized carbons (Fsp3) is 0.429. The molecule has 1 saturated heterocycles. The second-order valence-electron chi connectivity index (χ2n) is 2.29. The smallest absolute Gasteiger partial charge is 0.211 e. The average molecular weight is 185 g/mol. The van der Waals surface area contributed by atoms with E-state index in [0.29, 0.717) is 18.1 Å². The van der Waals surface area contributed by atoms with Crippen molar-refractivity contribution in [3.8, 4) is 0 Å². The fourth-order valence-corrected chi connectivity index (χ4v) is 1.70. The van der Waals surface area contributed by atoms with E-state index in [4.69, 9.17) is 9.47 Å². The first-order chi connectivity index (χ1) is 5.90. The normalized spacial score (nSPS) is 18.3. The second-order valence-corrected chi connectivity index (χ2v) is 3.39. The van der Waals surface area contributed by atoms with Crippen LogP contribution in [0.15, 0.2) is 6.20 Å². The maximum atomic E-state index is 10.3. The maximum Gasteiger partial charge on any atom is 0.211 e. The van der Waals surface area contributed by atoms with Gasteiger partial charge in [-0.15, -0.1) is 11.3 Å². The van der Waals surface area contributed by atoms with E-state index in [1.165, 1.54) is 17.5 Å². The molecule has 1 aliphatic rings. The highest BCUT2D eigenvalue weighted by Gasteiger charge is 2.21. The van der Waals surface area contributed by atoms with Crippen molar-refractivity contribution in [2.45, 2.75) is 6.29 Å². The standard InChI is InChI=1S/C7H7NO3S/c9-4-5-3-8-6(12-5)7-10-1-2-11-7/h3-4,7H,1-2H2. The van der Waals surface area contributed by atoms with Gasteiger partial charge in [-0.3, -0.25) is 4.79 Å². The topological polar surface area (TPSA) is 48.4 Å². The number of carbonyl (C=O) groups excluding carboxylic acids is 1. The van der Waals surface area contributed by atoms with Gasteiger partial charge in [0.1, 0.15) is 5.01 Å². The summed E-state index contributed by atoms with van der Waals surface area (Å²) in [5.41, 5.74) is 0. The van der Waals surface area contributed by atoms with Gasteiger partial charge in [0.2, 0.25) is 6.29 Å². The first kappa shape index (κ1) is 7.85. The molecule has 0 aromatic carbocycles. The summed E-state index contributed by atoms with van der Waals surface area (Å²) in [6.45, 7) is 1.20. The lowest BCUT2D eigenvalue weighted by atomic mass is 10.6. The molecule has 12 heavy (non-hydrogen) atoms. The number of aromatic nitrogens is 1. The maximum absolute atomic E-state index is 10.3. The molecule has 0 radical (unpaired) electrons. The summed E-state index contributed by atoms with van der Waals surface area (Å²) >= 11 is 1.30. The van der Waals surface area contributed by atoms with Crippen LogP contribution in [-0.4, -0.2) is 24.5 Å². The van der Waals surface area contributed by atoms with Gasteiger partial charge in [0.15, 0.2) is 6.29 Å². The Bertz CT molecular complexity index is 280. The molecule has 1 aliphatic heterocycles. The van der Waals surface area contributed by atoms with Crippen LogP contribution in [0.2, 0.25) is 0 Å². The Hall–Kier alpha value is -0.780. The largest absolute Gasteiger partial charge is 0.344 e. The summed E-state index contributed by atoms with van der Waals surface area (Å²) in [4.78, 5) is 14.9. The van der Waals surface area contributed by atoms with Crippen molar-refractivity contribution >= 4 is 17.6 Å². The molecule has 0 bridgehead atoms. The molecule has 5 heteroatoms. The highest BCUT2D eigenvalue weighted by Crippen LogP contribution is 2.26. The second kappa shape index (κ2) is 3.30. The third-order valence-electron chi connectivity index (χ3n) is 1.48. The third kappa shape index (κ3) is 1.38. The monoisotopic (exact) mass is 185 g/mol. The van der Waals surface area contributed by atoms with Gasteiger partial charge in [-0.25, -0.2) is 4.98 Å². The lowest BCUT2D eigenvalue weighted by Crippen LogP contribution is -1.95. The van der Waals surface area contributed by atoms with Crippen molar-refractivity contribution in [2.24, 2.45) is 0 Å². The number of rotatable bonds is 2. The summed E-state index contributed by atoms with van der Waals surface area (Å²) in [6, 6.07) is 0. The Morgan fingerprint density at radius 2 is 2.33 bits per heavy atom. The SMILES string of the molecule is O=Cc1cnc(C2OCCO2)s1. The molecule has 0 N–H and O–H groups in total. The summed E-state index contributed by atoms with van der Waals surface area (Å²) in [5, 5.41) is 0.717. The van der Waals surface area contributed by atoms with Crippen LogP contribution in [0.4, 0.5) is 0 Å². The molecule has 64 valence electrons. The molecular formula is C7H7NO3S. The van der Waals surface area contributed by atoms with Gasteiger partial charge in [-0.1, -0.05) is 0 Å². The van der Waals surface area contributed by atoms with Gasteiger partial charge in [0.05, 0.1) is 18.1 Å². The summed E-state index contributed by atoms with van der Waals surface area (Å²) in [5.74, 6) is 0. The highest BCUT2D eigenvalue weighted by atomic mass is 32.1.